The van der Waals surface area contributed by atoms with Gasteiger partial charge in [0, 0.05) is 27.7 Å². The quantitative estimate of drug-likeness (QED) is 0.345. The number of Topliss-reactive ketones (excluding diaryl/α,β-unsaturated/α-hetero) is 1. The molecule has 0 bridgehead atoms. The van der Waals surface area contributed by atoms with Gasteiger partial charge < -0.3 is 15.2 Å². The van der Waals surface area contributed by atoms with Gasteiger partial charge in [-0.15, -0.1) is 0 Å². The van der Waals surface area contributed by atoms with Gasteiger partial charge in [-0.2, -0.15) is 0 Å². The highest BCUT2D eigenvalue weighted by Gasteiger charge is 2.41. The Morgan fingerprint density at radius 2 is 1.84 bits per heavy atom. The monoisotopic (exact) mass is 555 g/mol. The summed E-state index contributed by atoms with van der Waals surface area (Å²) in [7, 11) is 1.52. The minimum atomic E-state index is -0.359. The molecule has 2 N–H and O–H groups in total. The highest BCUT2D eigenvalue weighted by molar-refractivity contribution is 9.13. The summed E-state index contributed by atoms with van der Waals surface area (Å²) in [6.07, 6.45) is 1.32. The molecule has 0 radical (unpaired) electrons. The van der Waals surface area contributed by atoms with Crippen molar-refractivity contribution in [3.8, 4) is 11.5 Å². The maximum Gasteiger partial charge on any atom is 0.173 e. The topological polar surface area (TPSA) is 58.6 Å². The van der Waals surface area contributed by atoms with Gasteiger partial charge in [0.15, 0.2) is 17.3 Å². The number of nitrogens with one attached hydrogen (secondary N) is 1. The average Bonchev–Trinajstić information content (AvgIpc) is 2.76. The van der Waals surface area contributed by atoms with Crippen molar-refractivity contribution in [3.63, 3.8) is 0 Å². The average molecular weight is 557 g/mol. The van der Waals surface area contributed by atoms with Crippen LogP contribution < -0.4 is 10.1 Å². The van der Waals surface area contributed by atoms with Gasteiger partial charge >= 0.3 is 0 Å². The molecule has 1 aliphatic carbocycles. The Morgan fingerprint density at radius 3 is 2.59 bits per heavy atom. The van der Waals surface area contributed by atoms with Gasteiger partial charge in [-0.25, -0.2) is 0 Å². The smallest absolute Gasteiger partial charge is 0.173 e. The van der Waals surface area contributed by atoms with Gasteiger partial charge in [0.05, 0.1) is 17.6 Å². The molecule has 0 spiro atoms. The molecule has 5 rings (SSSR count). The van der Waals surface area contributed by atoms with Crippen molar-refractivity contribution in [3.05, 3.63) is 68.1 Å². The highest BCUT2D eigenvalue weighted by atomic mass is 79.9. The summed E-state index contributed by atoms with van der Waals surface area (Å²) in [5.74, 6) is 0.532. The zero-order chi connectivity index (χ0) is 22.8. The molecule has 164 valence electrons. The normalized spacial score (nSPS) is 19.4. The predicted octanol–water partition coefficient (Wildman–Crippen LogP) is 7.39. The van der Waals surface area contributed by atoms with Crippen molar-refractivity contribution in [1.82, 2.24) is 0 Å². The molecule has 3 aromatic rings. The van der Waals surface area contributed by atoms with Crippen LogP contribution in [0, 0.1) is 5.41 Å². The van der Waals surface area contributed by atoms with E-state index in [1.54, 1.807) is 6.07 Å². The molecule has 0 amide bonds. The maximum absolute atomic E-state index is 13.6. The van der Waals surface area contributed by atoms with E-state index >= 15 is 0 Å². The Labute approximate surface area is 203 Å². The van der Waals surface area contributed by atoms with E-state index in [9.17, 15) is 9.90 Å². The number of hydrogen-bond acceptors (Lipinski definition) is 4. The first kappa shape index (κ1) is 21.5. The lowest BCUT2D eigenvalue weighted by atomic mass is 9.68. The number of phenols is 1. The van der Waals surface area contributed by atoms with Gasteiger partial charge in [-0.1, -0.05) is 44.2 Å². The van der Waals surface area contributed by atoms with E-state index in [0.29, 0.717) is 21.1 Å². The molecule has 0 fully saturated rings. The maximum atomic E-state index is 13.6. The van der Waals surface area contributed by atoms with Crippen LogP contribution in [0.15, 0.2) is 57.0 Å². The van der Waals surface area contributed by atoms with Crippen LogP contribution in [0.4, 0.5) is 5.69 Å². The first-order chi connectivity index (χ1) is 15.2. The van der Waals surface area contributed by atoms with Gasteiger partial charge in [0.25, 0.3) is 0 Å². The number of ether oxygens (including phenoxy) is 1. The van der Waals surface area contributed by atoms with Crippen LogP contribution in [0.1, 0.15) is 43.9 Å². The SMILES string of the molecule is COc1cc([C@@H]2Nc3ccc4ccccc4c3C3=C2C(=O)CC(C)(C)C3)c(Br)c(Br)c1O. The van der Waals surface area contributed by atoms with E-state index in [1.165, 1.54) is 7.11 Å². The fourth-order valence-corrected chi connectivity index (χ4v) is 6.00. The zero-order valence-electron chi connectivity index (χ0n) is 18.1. The van der Waals surface area contributed by atoms with Crippen molar-refractivity contribution in [2.24, 2.45) is 5.41 Å². The summed E-state index contributed by atoms with van der Waals surface area (Å²) in [5, 5.41) is 16.4. The third-order valence-electron chi connectivity index (χ3n) is 6.44. The highest BCUT2D eigenvalue weighted by Crippen LogP contribution is 2.54. The summed E-state index contributed by atoms with van der Waals surface area (Å²) >= 11 is 7.10. The van der Waals surface area contributed by atoms with Crippen LogP contribution in [-0.2, 0) is 4.79 Å². The second-order valence-corrected chi connectivity index (χ2v) is 10.9. The third kappa shape index (κ3) is 3.27. The van der Waals surface area contributed by atoms with Crippen LogP contribution in [0.3, 0.4) is 0 Å². The van der Waals surface area contributed by atoms with Crippen molar-refractivity contribution in [2.45, 2.75) is 32.7 Å². The molecule has 1 heterocycles. The van der Waals surface area contributed by atoms with Gasteiger partial charge in [0.1, 0.15) is 0 Å². The molecule has 3 aromatic carbocycles. The van der Waals surface area contributed by atoms with Crippen LogP contribution in [0.2, 0.25) is 0 Å². The van der Waals surface area contributed by atoms with Crippen molar-refractivity contribution < 1.29 is 14.6 Å². The number of allylic oxidation sites excluding steroid dienone is 1. The van der Waals surface area contributed by atoms with Gasteiger partial charge in [-0.05, 0) is 77.7 Å². The lowest BCUT2D eigenvalue weighted by Gasteiger charge is -2.40. The Bertz CT molecular complexity index is 1330. The van der Waals surface area contributed by atoms with Gasteiger partial charge in [0.2, 0.25) is 0 Å². The fraction of sp³-hybridized carbons (Fsp3) is 0.269. The van der Waals surface area contributed by atoms with Crippen molar-refractivity contribution in [2.75, 3.05) is 12.4 Å². The van der Waals surface area contributed by atoms with E-state index in [-0.39, 0.29) is 23.0 Å². The number of carbonyl (C=O) groups excluding carboxylic acids is 1. The number of fused-ring (bicyclic) bond motifs is 4. The molecule has 0 saturated heterocycles. The Kier molecular flexibility index (Phi) is 5.13. The number of phenolic OH excluding ortho intramolecular Hbond substituents is 1. The molecular weight excluding hydrogens is 534 g/mol. The summed E-state index contributed by atoms with van der Waals surface area (Å²) < 4.78 is 6.61. The molecule has 2 aliphatic rings. The lowest BCUT2D eigenvalue weighted by molar-refractivity contribution is -0.118. The number of aromatic hydroxyl groups is 1. The van der Waals surface area contributed by atoms with E-state index < -0.39 is 0 Å². The Morgan fingerprint density at radius 1 is 1.09 bits per heavy atom. The summed E-state index contributed by atoms with van der Waals surface area (Å²) in [4.78, 5) is 13.6. The van der Waals surface area contributed by atoms with Crippen LogP contribution in [0.5, 0.6) is 11.5 Å². The van der Waals surface area contributed by atoms with E-state index in [1.807, 2.05) is 12.1 Å². The van der Waals surface area contributed by atoms with Crippen LogP contribution in [0.25, 0.3) is 16.3 Å². The standard InChI is InChI=1S/C26H23Br2NO3/c1-26(2)11-16-20-14-7-5-4-6-13(14)8-9-17(20)29-24(21(16)18(30)12-26)15-10-19(32-3)25(31)23(28)22(15)27/h4-10,24,29,31H,11-12H2,1-3H3/t24-/m0/s1. The van der Waals surface area contributed by atoms with Crippen molar-refractivity contribution >= 4 is 59.7 Å². The first-order valence-electron chi connectivity index (χ1n) is 10.5. The minimum absolute atomic E-state index is 0.0237. The molecule has 6 heteroatoms. The molecule has 32 heavy (non-hydrogen) atoms. The number of carbonyl (C=O) groups is 1. The molecule has 0 unspecified atom stereocenters. The predicted molar refractivity (Wildman–Crippen MR) is 135 cm³/mol. The molecule has 4 nitrogen and oxygen atoms in total. The Balaban J connectivity index is 1.82. The number of methoxy groups -OCH3 is 1. The summed E-state index contributed by atoms with van der Waals surface area (Å²) in [6.45, 7) is 4.32. The molecule has 0 saturated carbocycles. The van der Waals surface area contributed by atoms with Crippen LogP contribution >= 0.6 is 31.9 Å². The number of anilines is 1. The van der Waals surface area contributed by atoms with E-state index in [2.05, 4.69) is 75.3 Å². The largest absolute Gasteiger partial charge is 0.503 e. The molecule has 1 aliphatic heterocycles. The molecule has 0 aromatic heterocycles. The fourth-order valence-electron chi connectivity index (χ4n) is 5.05. The second kappa shape index (κ2) is 7.63. The van der Waals surface area contributed by atoms with Gasteiger partial charge in [-0.3, -0.25) is 4.79 Å². The third-order valence-corrected chi connectivity index (χ3v) is 8.60. The van der Waals surface area contributed by atoms with Crippen molar-refractivity contribution in [1.29, 1.82) is 0 Å². The number of hydrogen-bond donors (Lipinski definition) is 2. The Hall–Kier alpha value is -2.31. The van der Waals surface area contributed by atoms with E-state index in [0.717, 1.165) is 45.2 Å². The molecular formula is C26H23Br2NO3. The zero-order valence-corrected chi connectivity index (χ0v) is 21.2. The number of benzene rings is 3. The molecule has 1 atom stereocenters. The van der Waals surface area contributed by atoms with Crippen LogP contribution in [-0.4, -0.2) is 18.0 Å². The number of halogens is 2. The first-order valence-corrected chi connectivity index (χ1v) is 12.1. The summed E-state index contributed by atoms with van der Waals surface area (Å²) in [6, 6.07) is 14.0. The lowest BCUT2D eigenvalue weighted by Crippen LogP contribution is -2.33. The summed E-state index contributed by atoms with van der Waals surface area (Å²) in [5.41, 5.74) is 4.76. The number of rotatable bonds is 2. The second-order valence-electron chi connectivity index (χ2n) is 9.26. The van der Waals surface area contributed by atoms with E-state index in [4.69, 9.17) is 4.74 Å². The number of ketones is 1. The minimum Gasteiger partial charge on any atom is -0.503 e.